The van der Waals surface area contributed by atoms with E-state index in [1.807, 2.05) is 0 Å². The summed E-state index contributed by atoms with van der Waals surface area (Å²) in [5, 5.41) is -0.782. The lowest BCUT2D eigenvalue weighted by atomic mass is 9.55. The van der Waals surface area contributed by atoms with Crippen molar-refractivity contribution in [3.63, 3.8) is 0 Å². The van der Waals surface area contributed by atoms with E-state index >= 15 is 0 Å². The monoisotopic (exact) mass is 429 g/mol. The molecule has 0 saturated carbocycles. The number of nitrogens with zero attached hydrogens (tertiary/aromatic N) is 1. The van der Waals surface area contributed by atoms with Crippen LogP contribution in [-0.2, 0) is 19.9 Å². The van der Waals surface area contributed by atoms with Gasteiger partial charge < -0.3 is 0 Å². The lowest BCUT2D eigenvalue weighted by molar-refractivity contribution is 0.294. The highest BCUT2D eigenvalue weighted by atomic mass is 32.2. The summed E-state index contributed by atoms with van der Waals surface area (Å²) in [5.74, 6) is 0.679. The standard InChI is InChI=1S/C22H23NO4S2/c24-28(25)10-9-14(13-28)29(26,27)23-11-19-20(12-23)22-16-6-2-1-5-15(16)21(19)17-7-3-4-8-18(17)22/h1-8,14,19-22H,9-13H2. The summed E-state index contributed by atoms with van der Waals surface area (Å²) in [6, 6.07) is 17.1. The molecular formula is C22H23NO4S2. The molecular weight excluding hydrogens is 406 g/mol. The van der Waals surface area contributed by atoms with Crippen molar-refractivity contribution in [3.8, 4) is 0 Å². The molecule has 29 heavy (non-hydrogen) atoms. The largest absolute Gasteiger partial charge is 0.229 e. The van der Waals surface area contributed by atoms with Crippen molar-refractivity contribution in [3.05, 3.63) is 70.8 Å². The van der Waals surface area contributed by atoms with Gasteiger partial charge in [0.15, 0.2) is 9.84 Å². The van der Waals surface area contributed by atoms with Crippen LogP contribution >= 0.6 is 0 Å². The molecule has 7 heteroatoms. The van der Waals surface area contributed by atoms with Crippen LogP contribution in [0.5, 0.6) is 0 Å². The lowest BCUT2D eigenvalue weighted by Gasteiger charge is -2.47. The van der Waals surface area contributed by atoms with Crippen LogP contribution in [0.1, 0.15) is 40.5 Å². The Balaban J connectivity index is 1.41. The maximum Gasteiger partial charge on any atom is 0.218 e. The predicted molar refractivity (Wildman–Crippen MR) is 111 cm³/mol. The summed E-state index contributed by atoms with van der Waals surface area (Å²) in [6.07, 6.45) is 0.226. The van der Waals surface area contributed by atoms with E-state index in [0.717, 1.165) is 0 Å². The second-order valence-corrected chi connectivity index (χ2v) is 13.4. The zero-order chi connectivity index (χ0) is 20.0. The molecule has 3 aliphatic carbocycles. The Morgan fingerprint density at radius 1 is 0.793 bits per heavy atom. The first-order valence-corrected chi connectivity index (χ1v) is 13.6. The minimum atomic E-state index is -3.61. The maximum absolute atomic E-state index is 13.3. The first kappa shape index (κ1) is 18.1. The Kier molecular flexibility index (Phi) is 3.70. The van der Waals surface area contributed by atoms with Crippen LogP contribution in [0.2, 0.25) is 0 Å². The Labute approximate surface area is 171 Å². The van der Waals surface area contributed by atoms with Crippen LogP contribution in [0.3, 0.4) is 0 Å². The van der Waals surface area contributed by atoms with Crippen molar-refractivity contribution in [1.29, 1.82) is 0 Å². The molecule has 152 valence electrons. The summed E-state index contributed by atoms with van der Waals surface area (Å²) in [5.41, 5.74) is 5.33. The van der Waals surface area contributed by atoms with Crippen LogP contribution < -0.4 is 0 Å². The number of sulfone groups is 1. The summed E-state index contributed by atoms with van der Waals surface area (Å²) >= 11 is 0. The summed E-state index contributed by atoms with van der Waals surface area (Å²) < 4.78 is 52.0. The van der Waals surface area contributed by atoms with Crippen molar-refractivity contribution >= 4 is 19.9 Å². The molecule has 5 nitrogen and oxygen atoms in total. The molecule has 3 atom stereocenters. The summed E-state index contributed by atoms with van der Waals surface area (Å²) in [6.45, 7) is 0.987. The van der Waals surface area contributed by atoms with Crippen molar-refractivity contribution in [2.24, 2.45) is 11.8 Å². The molecule has 2 heterocycles. The summed E-state index contributed by atoms with van der Waals surface area (Å²) in [4.78, 5) is 0. The van der Waals surface area contributed by atoms with Crippen molar-refractivity contribution in [1.82, 2.24) is 4.31 Å². The highest BCUT2D eigenvalue weighted by Crippen LogP contribution is 2.60. The number of hydrogen-bond acceptors (Lipinski definition) is 4. The predicted octanol–water partition coefficient (Wildman–Crippen LogP) is 2.34. The minimum Gasteiger partial charge on any atom is -0.229 e. The van der Waals surface area contributed by atoms with Gasteiger partial charge in [-0.1, -0.05) is 48.5 Å². The smallest absolute Gasteiger partial charge is 0.218 e. The van der Waals surface area contributed by atoms with E-state index in [4.69, 9.17) is 0 Å². The van der Waals surface area contributed by atoms with E-state index in [1.54, 1.807) is 4.31 Å². The summed E-state index contributed by atoms with van der Waals surface area (Å²) in [7, 11) is -6.84. The fourth-order valence-corrected chi connectivity index (χ4v) is 10.9. The Hall–Kier alpha value is -1.70. The Morgan fingerprint density at radius 2 is 1.24 bits per heavy atom. The van der Waals surface area contributed by atoms with Crippen molar-refractivity contribution in [2.75, 3.05) is 24.6 Å². The third-order valence-corrected chi connectivity index (χ3v) is 11.8. The molecule has 3 unspecified atom stereocenters. The number of benzene rings is 2. The van der Waals surface area contributed by atoms with Crippen LogP contribution in [0.4, 0.5) is 0 Å². The fourth-order valence-electron chi connectivity index (χ4n) is 6.35. The molecule has 0 aromatic heterocycles. The molecule has 2 saturated heterocycles. The van der Waals surface area contributed by atoms with Gasteiger partial charge in [-0.05, 0) is 40.5 Å². The number of hydrogen-bond donors (Lipinski definition) is 0. The quantitative estimate of drug-likeness (QED) is 0.735. The van der Waals surface area contributed by atoms with Gasteiger partial charge >= 0.3 is 0 Å². The van der Waals surface area contributed by atoms with Gasteiger partial charge in [0, 0.05) is 24.9 Å². The normalized spacial score (nSPS) is 34.6. The molecule has 0 amide bonds. The van der Waals surface area contributed by atoms with E-state index in [-0.39, 0.29) is 41.6 Å². The second-order valence-electron chi connectivity index (χ2n) is 8.93. The molecule has 2 bridgehead atoms. The molecule has 7 rings (SSSR count). The zero-order valence-electron chi connectivity index (χ0n) is 15.9. The van der Waals surface area contributed by atoms with Crippen molar-refractivity contribution < 1.29 is 16.8 Å². The van der Waals surface area contributed by atoms with Gasteiger partial charge in [0.1, 0.15) is 0 Å². The molecule has 0 N–H and O–H groups in total. The van der Waals surface area contributed by atoms with E-state index < -0.39 is 25.1 Å². The van der Waals surface area contributed by atoms with Crippen LogP contribution in [-0.4, -0.2) is 51.0 Å². The highest BCUT2D eigenvalue weighted by Gasteiger charge is 2.55. The second kappa shape index (κ2) is 5.93. The molecule has 0 spiro atoms. The third kappa shape index (κ3) is 2.47. The number of rotatable bonds is 2. The molecule has 0 radical (unpaired) electrons. The van der Waals surface area contributed by atoms with Gasteiger partial charge in [-0.15, -0.1) is 0 Å². The van der Waals surface area contributed by atoms with E-state index in [1.165, 1.54) is 22.3 Å². The molecule has 5 aliphatic rings. The highest BCUT2D eigenvalue weighted by molar-refractivity contribution is 7.95. The zero-order valence-corrected chi connectivity index (χ0v) is 17.6. The molecule has 2 aromatic carbocycles. The number of sulfonamides is 1. The van der Waals surface area contributed by atoms with Gasteiger partial charge in [-0.25, -0.2) is 21.1 Å². The van der Waals surface area contributed by atoms with Gasteiger partial charge in [-0.3, -0.25) is 0 Å². The van der Waals surface area contributed by atoms with Gasteiger partial charge in [0.2, 0.25) is 10.0 Å². The average Bonchev–Trinajstić information content (AvgIpc) is 3.32. The van der Waals surface area contributed by atoms with E-state index in [0.29, 0.717) is 13.1 Å². The Bertz CT molecular complexity index is 1120. The fraction of sp³-hybridized carbons (Fsp3) is 0.455. The van der Waals surface area contributed by atoms with Crippen molar-refractivity contribution in [2.45, 2.75) is 23.5 Å². The van der Waals surface area contributed by atoms with Gasteiger partial charge in [0.25, 0.3) is 0 Å². The van der Waals surface area contributed by atoms with Crippen LogP contribution in [0.15, 0.2) is 48.5 Å². The first-order chi connectivity index (χ1) is 13.9. The average molecular weight is 430 g/mol. The van der Waals surface area contributed by atoms with Gasteiger partial charge in [0.05, 0.1) is 16.8 Å². The van der Waals surface area contributed by atoms with Crippen LogP contribution in [0.25, 0.3) is 0 Å². The van der Waals surface area contributed by atoms with Gasteiger partial charge in [-0.2, -0.15) is 0 Å². The minimum absolute atomic E-state index is 0.0142. The molecule has 2 fully saturated rings. The first-order valence-electron chi connectivity index (χ1n) is 10.2. The molecule has 2 aliphatic heterocycles. The SMILES string of the molecule is O=S1(=O)CCC(S(=O)(=O)N2CC3C4c5ccccc5C(c5ccccc54)C3C2)C1. The third-order valence-electron chi connectivity index (χ3n) is 7.54. The Morgan fingerprint density at radius 3 is 1.62 bits per heavy atom. The molecule has 2 aromatic rings. The topological polar surface area (TPSA) is 71.5 Å². The van der Waals surface area contributed by atoms with E-state index in [9.17, 15) is 16.8 Å². The maximum atomic E-state index is 13.3. The van der Waals surface area contributed by atoms with Crippen LogP contribution in [0, 0.1) is 11.8 Å². The van der Waals surface area contributed by atoms with E-state index in [2.05, 4.69) is 48.5 Å². The lowest BCUT2D eigenvalue weighted by Crippen LogP contribution is -2.39.